The Labute approximate surface area is 124 Å². The molecule has 0 aromatic heterocycles. The molecule has 1 aliphatic heterocycles. The van der Waals surface area contributed by atoms with Crippen LogP contribution in [0.3, 0.4) is 0 Å². The molecule has 2 rings (SSSR count). The van der Waals surface area contributed by atoms with Crippen LogP contribution in [-0.4, -0.2) is 24.5 Å². The van der Waals surface area contributed by atoms with Gasteiger partial charge in [0.05, 0.1) is 0 Å². The van der Waals surface area contributed by atoms with Gasteiger partial charge in [0.1, 0.15) is 0 Å². The topological polar surface area (TPSA) is 29.3 Å². The van der Waals surface area contributed by atoms with Crippen molar-refractivity contribution >= 4 is 0 Å². The van der Waals surface area contributed by atoms with E-state index in [0.717, 1.165) is 12.5 Å². The van der Waals surface area contributed by atoms with Crippen LogP contribution in [0.4, 0.5) is 0 Å². The lowest BCUT2D eigenvalue weighted by atomic mass is 9.91. The Kier molecular flexibility index (Phi) is 5.62. The lowest BCUT2D eigenvalue weighted by Crippen LogP contribution is -2.36. The highest BCUT2D eigenvalue weighted by Gasteiger charge is 2.23. The summed E-state index contributed by atoms with van der Waals surface area (Å²) >= 11 is 0. The minimum Gasteiger partial charge on any atom is -0.330 e. The predicted octanol–water partition coefficient (Wildman–Crippen LogP) is 3.93. The first kappa shape index (κ1) is 15.5. The van der Waals surface area contributed by atoms with Crippen LogP contribution >= 0.6 is 0 Å². The molecular formula is C18H30N2. The molecule has 1 unspecified atom stereocenters. The largest absolute Gasteiger partial charge is 0.330 e. The van der Waals surface area contributed by atoms with Gasteiger partial charge in [0.15, 0.2) is 0 Å². The summed E-state index contributed by atoms with van der Waals surface area (Å²) < 4.78 is 0. The quantitative estimate of drug-likeness (QED) is 0.881. The number of nitrogens with two attached hydrogens (primary N) is 1. The average molecular weight is 274 g/mol. The van der Waals surface area contributed by atoms with Crippen LogP contribution in [0.15, 0.2) is 24.3 Å². The fourth-order valence-corrected chi connectivity index (χ4v) is 3.23. The minimum absolute atomic E-state index is 0.537. The van der Waals surface area contributed by atoms with Gasteiger partial charge in [-0.05, 0) is 68.8 Å². The molecule has 1 fully saturated rings. The second-order valence-corrected chi connectivity index (χ2v) is 6.55. The van der Waals surface area contributed by atoms with Crippen LogP contribution in [0.25, 0.3) is 0 Å². The number of nitrogens with zero attached hydrogens (tertiary/aromatic N) is 1. The fourth-order valence-electron chi connectivity index (χ4n) is 3.23. The van der Waals surface area contributed by atoms with Crippen molar-refractivity contribution in [1.29, 1.82) is 0 Å². The van der Waals surface area contributed by atoms with E-state index in [0.29, 0.717) is 12.0 Å². The van der Waals surface area contributed by atoms with E-state index in [9.17, 15) is 0 Å². The summed E-state index contributed by atoms with van der Waals surface area (Å²) in [4.78, 5) is 2.62. The fraction of sp³-hybridized carbons (Fsp3) is 0.667. The molecule has 0 spiro atoms. The number of benzene rings is 1. The molecule has 1 atom stereocenters. The molecule has 1 aliphatic rings. The van der Waals surface area contributed by atoms with Crippen molar-refractivity contribution in [3.8, 4) is 0 Å². The van der Waals surface area contributed by atoms with E-state index < -0.39 is 0 Å². The molecule has 0 radical (unpaired) electrons. The maximum absolute atomic E-state index is 5.67. The van der Waals surface area contributed by atoms with E-state index >= 15 is 0 Å². The standard InChI is InChI=1S/C18H30N2/c1-14(2)17-4-6-18(7-5-17)15(3)20-12-9-16(8-11-19)10-13-20/h4-7,14-16H,8-13,19H2,1-3H3. The van der Waals surface area contributed by atoms with E-state index in [1.807, 2.05) is 0 Å². The Morgan fingerprint density at radius 3 is 2.10 bits per heavy atom. The van der Waals surface area contributed by atoms with Crippen molar-refractivity contribution in [2.24, 2.45) is 11.7 Å². The van der Waals surface area contributed by atoms with Crippen molar-refractivity contribution < 1.29 is 0 Å². The molecule has 0 amide bonds. The molecule has 2 nitrogen and oxygen atoms in total. The smallest absolute Gasteiger partial charge is 0.0319 e. The highest BCUT2D eigenvalue weighted by atomic mass is 15.2. The van der Waals surface area contributed by atoms with Crippen LogP contribution in [0.1, 0.15) is 63.1 Å². The summed E-state index contributed by atoms with van der Waals surface area (Å²) in [7, 11) is 0. The van der Waals surface area contributed by atoms with Crippen molar-refractivity contribution in [3.05, 3.63) is 35.4 Å². The zero-order chi connectivity index (χ0) is 14.5. The number of piperidine rings is 1. The molecule has 2 N–H and O–H groups in total. The third-order valence-electron chi connectivity index (χ3n) is 4.86. The number of rotatable bonds is 5. The Hall–Kier alpha value is -0.860. The Morgan fingerprint density at radius 1 is 1.05 bits per heavy atom. The second-order valence-electron chi connectivity index (χ2n) is 6.55. The summed E-state index contributed by atoms with van der Waals surface area (Å²) in [5.74, 6) is 1.47. The summed E-state index contributed by atoms with van der Waals surface area (Å²) in [6.07, 6.45) is 3.82. The van der Waals surface area contributed by atoms with Gasteiger partial charge in [0, 0.05) is 6.04 Å². The van der Waals surface area contributed by atoms with Gasteiger partial charge in [-0.2, -0.15) is 0 Å². The summed E-state index contributed by atoms with van der Waals surface area (Å²) in [6.45, 7) is 10.1. The van der Waals surface area contributed by atoms with E-state index in [2.05, 4.69) is 49.9 Å². The molecule has 1 heterocycles. The minimum atomic E-state index is 0.537. The highest BCUT2D eigenvalue weighted by molar-refractivity contribution is 5.26. The van der Waals surface area contributed by atoms with Gasteiger partial charge in [-0.1, -0.05) is 38.1 Å². The predicted molar refractivity (Wildman–Crippen MR) is 86.9 cm³/mol. The monoisotopic (exact) mass is 274 g/mol. The lowest BCUT2D eigenvalue weighted by molar-refractivity contribution is 0.138. The third-order valence-corrected chi connectivity index (χ3v) is 4.86. The molecule has 1 saturated heterocycles. The van der Waals surface area contributed by atoms with E-state index in [4.69, 9.17) is 5.73 Å². The van der Waals surface area contributed by atoms with Crippen molar-refractivity contribution in [2.75, 3.05) is 19.6 Å². The van der Waals surface area contributed by atoms with Crippen LogP contribution in [-0.2, 0) is 0 Å². The Bertz CT molecular complexity index is 388. The average Bonchev–Trinajstić information content (AvgIpc) is 2.48. The van der Waals surface area contributed by atoms with Gasteiger partial charge < -0.3 is 5.73 Å². The molecule has 0 saturated carbocycles. The van der Waals surface area contributed by atoms with Gasteiger partial charge in [0.25, 0.3) is 0 Å². The zero-order valence-corrected chi connectivity index (χ0v) is 13.3. The normalized spacial score (nSPS) is 19.4. The van der Waals surface area contributed by atoms with Gasteiger partial charge in [-0.3, -0.25) is 4.90 Å². The van der Waals surface area contributed by atoms with E-state index in [1.54, 1.807) is 0 Å². The maximum Gasteiger partial charge on any atom is 0.0319 e. The number of hydrogen-bond acceptors (Lipinski definition) is 2. The molecular weight excluding hydrogens is 244 g/mol. The van der Waals surface area contributed by atoms with Crippen LogP contribution in [0.2, 0.25) is 0 Å². The van der Waals surface area contributed by atoms with Crippen molar-refractivity contribution in [3.63, 3.8) is 0 Å². The second kappa shape index (κ2) is 7.24. The zero-order valence-electron chi connectivity index (χ0n) is 13.3. The first-order valence-electron chi connectivity index (χ1n) is 8.15. The molecule has 20 heavy (non-hydrogen) atoms. The molecule has 1 aromatic rings. The molecule has 0 aliphatic carbocycles. The van der Waals surface area contributed by atoms with Gasteiger partial charge in [-0.15, -0.1) is 0 Å². The summed E-state index contributed by atoms with van der Waals surface area (Å²) in [5.41, 5.74) is 8.55. The summed E-state index contributed by atoms with van der Waals surface area (Å²) in [6, 6.07) is 9.74. The first-order chi connectivity index (χ1) is 9.61. The van der Waals surface area contributed by atoms with Crippen molar-refractivity contribution in [1.82, 2.24) is 4.90 Å². The molecule has 2 heteroatoms. The first-order valence-corrected chi connectivity index (χ1v) is 8.15. The van der Waals surface area contributed by atoms with E-state index in [1.165, 1.54) is 43.5 Å². The van der Waals surface area contributed by atoms with Gasteiger partial charge >= 0.3 is 0 Å². The summed E-state index contributed by atoms with van der Waals surface area (Å²) in [5, 5.41) is 0. The Balaban J connectivity index is 1.93. The molecule has 0 bridgehead atoms. The SMILES string of the molecule is CC(C)c1ccc(C(C)N2CCC(CCN)CC2)cc1. The van der Waals surface area contributed by atoms with Crippen molar-refractivity contribution in [2.45, 2.75) is 52.0 Å². The lowest BCUT2D eigenvalue weighted by Gasteiger charge is -2.36. The van der Waals surface area contributed by atoms with Gasteiger partial charge in [-0.25, -0.2) is 0 Å². The highest BCUT2D eigenvalue weighted by Crippen LogP contribution is 2.28. The molecule has 112 valence electrons. The Morgan fingerprint density at radius 2 is 1.60 bits per heavy atom. The van der Waals surface area contributed by atoms with E-state index in [-0.39, 0.29) is 0 Å². The third kappa shape index (κ3) is 3.83. The molecule has 1 aromatic carbocycles. The number of hydrogen-bond donors (Lipinski definition) is 1. The van der Waals surface area contributed by atoms with Gasteiger partial charge in [0.2, 0.25) is 0 Å². The number of likely N-dealkylation sites (tertiary alicyclic amines) is 1. The maximum atomic E-state index is 5.67. The van der Waals surface area contributed by atoms with Crippen LogP contribution in [0.5, 0.6) is 0 Å². The van der Waals surface area contributed by atoms with Crippen LogP contribution < -0.4 is 5.73 Å². The van der Waals surface area contributed by atoms with Crippen LogP contribution in [0, 0.1) is 5.92 Å².